The lowest BCUT2D eigenvalue weighted by Gasteiger charge is -2.16. The van der Waals surface area contributed by atoms with E-state index in [1.807, 2.05) is 61.5 Å². The summed E-state index contributed by atoms with van der Waals surface area (Å²) < 4.78 is 10.4. The Kier molecular flexibility index (Phi) is 4.93. The summed E-state index contributed by atoms with van der Waals surface area (Å²) >= 11 is 0. The lowest BCUT2D eigenvalue weighted by atomic mass is 9.98. The molecule has 28 heavy (non-hydrogen) atoms. The normalized spacial score (nSPS) is 13.6. The highest BCUT2D eigenvalue weighted by molar-refractivity contribution is 6.06. The fourth-order valence-electron chi connectivity index (χ4n) is 3.40. The molecule has 0 aliphatic carbocycles. The summed E-state index contributed by atoms with van der Waals surface area (Å²) in [6, 6.07) is 17.3. The maximum absolute atomic E-state index is 12.9. The first kappa shape index (κ1) is 18.0. The third-order valence-electron chi connectivity index (χ3n) is 4.83. The molecule has 0 unspecified atom stereocenters. The molecule has 1 aliphatic heterocycles. The van der Waals surface area contributed by atoms with Crippen molar-refractivity contribution in [2.75, 3.05) is 26.3 Å². The SMILES string of the molecule is Cc1c(-c2ccccc2)nc2ccccc2c1C(=O)OCCN1CCOC1=O. The van der Waals surface area contributed by atoms with Gasteiger partial charge in [-0.05, 0) is 18.6 Å². The minimum atomic E-state index is -0.416. The molecule has 4 rings (SSSR count). The summed E-state index contributed by atoms with van der Waals surface area (Å²) in [5, 5.41) is 0.755. The van der Waals surface area contributed by atoms with Crippen molar-refractivity contribution in [3.8, 4) is 11.3 Å². The Balaban J connectivity index is 1.66. The van der Waals surface area contributed by atoms with Gasteiger partial charge in [0.1, 0.15) is 13.2 Å². The molecule has 0 saturated carbocycles. The number of rotatable bonds is 5. The van der Waals surface area contributed by atoms with Crippen molar-refractivity contribution in [2.45, 2.75) is 6.92 Å². The Morgan fingerprint density at radius 3 is 2.64 bits per heavy atom. The van der Waals surface area contributed by atoms with Gasteiger partial charge < -0.3 is 14.4 Å². The second-order valence-corrected chi connectivity index (χ2v) is 6.58. The van der Waals surface area contributed by atoms with Gasteiger partial charge in [0, 0.05) is 10.9 Å². The van der Waals surface area contributed by atoms with Crippen molar-refractivity contribution in [2.24, 2.45) is 0 Å². The van der Waals surface area contributed by atoms with Gasteiger partial charge in [0.05, 0.1) is 29.9 Å². The van der Waals surface area contributed by atoms with E-state index >= 15 is 0 Å². The number of esters is 1. The molecule has 2 heterocycles. The first-order valence-corrected chi connectivity index (χ1v) is 9.19. The maximum Gasteiger partial charge on any atom is 0.410 e. The Morgan fingerprint density at radius 1 is 1.14 bits per heavy atom. The molecule has 0 spiro atoms. The van der Waals surface area contributed by atoms with Gasteiger partial charge in [-0.25, -0.2) is 14.6 Å². The van der Waals surface area contributed by atoms with Crippen LogP contribution in [0.1, 0.15) is 15.9 Å². The Labute approximate surface area is 162 Å². The number of cyclic esters (lactones) is 1. The summed E-state index contributed by atoms with van der Waals surface area (Å²) in [5.41, 5.74) is 3.72. The minimum Gasteiger partial charge on any atom is -0.460 e. The summed E-state index contributed by atoms with van der Waals surface area (Å²) in [7, 11) is 0. The highest BCUT2D eigenvalue weighted by Crippen LogP contribution is 2.30. The van der Waals surface area contributed by atoms with Crippen LogP contribution in [0.2, 0.25) is 0 Å². The van der Waals surface area contributed by atoms with Gasteiger partial charge in [0.2, 0.25) is 0 Å². The monoisotopic (exact) mass is 376 g/mol. The minimum absolute atomic E-state index is 0.116. The molecule has 1 amide bonds. The van der Waals surface area contributed by atoms with Crippen LogP contribution in [0.15, 0.2) is 54.6 Å². The highest BCUT2D eigenvalue weighted by Gasteiger charge is 2.23. The molecule has 2 aromatic carbocycles. The van der Waals surface area contributed by atoms with Gasteiger partial charge in [-0.3, -0.25) is 0 Å². The van der Waals surface area contributed by atoms with Crippen LogP contribution in [-0.4, -0.2) is 48.2 Å². The average Bonchev–Trinajstić information content (AvgIpc) is 3.13. The lowest BCUT2D eigenvalue weighted by molar-refractivity contribution is 0.0478. The van der Waals surface area contributed by atoms with E-state index in [0.717, 1.165) is 27.7 Å². The van der Waals surface area contributed by atoms with E-state index in [9.17, 15) is 9.59 Å². The zero-order valence-corrected chi connectivity index (χ0v) is 15.6. The van der Waals surface area contributed by atoms with Crippen LogP contribution in [-0.2, 0) is 9.47 Å². The van der Waals surface area contributed by atoms with Crippen LogP contribution in [0.5, 0.6) is 0 Å². The van der Waals surface area contributed by atoms with E-state index in [1.54, 1.807) is 0 Å². The van der Waals surface area contributed by atoms with Gasteiger partial charge in [-0.2, -0.15) is 0 Å². The average molecular weight is 376 g/mol. The number of fused-ring (bicyclic) bond motifs is 1. The number of carbonyl (C=O) groups excluding carboxylic acids is 2. The van der Waals surface area contributed by atoms with Crippen LogP contribution in [0.25, 0.3) is 22.2 Å². The fourth-order valence-corrected chi connectivity index (χ4v) is 3.40. The van der Waals surface area contributed by atoms with Gasteiger partial charge in [0.15, 0.2) is 0 Å². The van der Waals surface area contributed by atoms with E-state index in [-0.39, 0.29) is 12.7 Å². The summed E-state index contributed by atoms with van der Waals surface area (Å²) in [5.74, 6) is -0.416. The molecule has 0 radical (unpaired) electrons. The second-order valence-electron chi connectivity index (χ2n) is 6.58. The third-order valence-corrected chi connectivity index (χ3v) is 4.83. The molecule has 3 aromatic rings. The van der Waals surface area contributed by atoms with Crippen LogP contribution in [0.4, 0.5) is 4.79 Å². The van der Waals surface area contributed by atoms with Crippen LogP contribution in [0, 0.1) is 6.92 Å². The Bertz CT molecular complexity index is 1030. The predicted molar refractivity (Wildman–Crippen MR) is 105 cm³/mol. The number of carbonyl (C=O) groups is 2. The van der Waals surface area contributed by atoms with E-state index in [4.69, 9.17) is 14.5 Å². The predicted octanol–water partition coefficient (Wildman–Crippen LogP) is 3.82. The molecular weight excluding hydrogens is 356 g/mol. The van der Waals surface area contributed by atoms with Gasteiger partial charge >= 0.3 is 12.1 Å². The van der Waals surface area contributed by atoms with Crippen LogP contribution < -0.4 is 0 Å². The molecule has 1 fully saturated rings. The molecule has 0 N–H and O–H groups in total. The lowest BCUT2D eigenvalue weighted by Crippen LogP contribution is -2.29. The van der Waals surface area contributed by atoms with Gasteiger partial charge in [0.25, 0.3) is 0 Å². The highest BCUT2D eigenvalue weighted by atomic mass is 16.6. The molecule has 142 valence electrons. The number of hydrogen-bond donors (Lipinski definition) is 0. The topological polar surface area (TPSA) is 68.7 Å². The number of aromatic nitrogens is 1. The number of amides is 1. The van der Waals surface area contributed by atoms with Crippen molar-refractivity contribution < 1.29 is 19.1 Å². The molecule has 1 saturated heterocycles. The third kappa shape index (κ3) is 3.41. The molecule has 0 bridgehead atoms. The van der Waals surface area contributed by atoms with Crippen LogP contribution in [0.3, 0.4) is 0 Å². The number of ether oxygens (including phenoxy) is 2. The summed E-state index contributed by atoms with van der Waals surface area (Å²) in [4.78, 5) is 30.7. The standard InChI is InChI=1S/C22H20N2O4/c1-15-19(21(25)27-13-11-24-12-14-28-22(24)26)17-9-5-6-10-18(17)23-20(15)16-7-3-2-4-8-16/h2-10H,11-14H2,1H3. The maximum atomic E-state index is 12.9. The molecule has 6 nitrogen and oxygen atoms in total. The summed E-state index contributed by atoms with van der Waals surface area (Å²) in [6.45, 7) is 3.21. The van der Waals surface area contributed by atoms with E-state index in [0.29, 0.717) is 25.3 Å². The fraction of sp³-hybridized carbons (Fsp3) is 0.227. The first-order chi connectivity index (χ1) is 13.6. The van der Waals surface area contributed by atoms with Crippen molar-refractivity contribution in [3.05, 3.63) is 65.7 Å². The van der Waals surface area contributed by atoms with Crippen molar-refractivity contribution >= 4 is 23.0 Å². The molecular formula is C22H20N2O4. The zero-order valence-electron chi connectivity index (χ0n) is 15.6. The van der Waals surface area contributed by atoms with Crippen molar-refractivity contribution in [3.63, 3.8) is 0 Å². The number of pyridine rings is 1. The van der Waals surface area contributed by atoms with Gasteiger partial charge in [-0.1, -0.05) is 48.5 Å². The molecule has 1 aromatic heterocycles. The van der Waals surface area contributed by atoms with Crippen molar-refractivity contribution in [1.29, 1.82) is 0 Å². The number of hydrogen-bond acceptors (Lipinski definition) is 5. The Hall–Kier alpha value is -3.41. The van der Waals surface area contributed by atoms with Crippen molar-refractivity contribution in [1.82, 2.24) is 9.88 Å². The largest absolute Gasteiger partial charge is 0.460 e. The quantitative estimate of drug-likeness (QED) is 0.633. The Morgan fingerprint density at radius 2 is 1.89 bits per heavy atom. The first-order valence-electron chi connectivity index (χ1n) is 9.19. The van der Waals surface area contributed by atoms with E-state index in [2.05, 4.69) is 0 Å². The number of para-hydroxylation sites is 1. The summed E-state index contributed by atoms with van der Waals surface area (Å²) in [6.07, 6.45) is -0.368. The molecule has 6 heteroatoms. The number of nitrogens with zero attached hydrogens (tertiary/aromatic N) is 2. The number of benzene rings is 2. The van der Waals surface area contributed by atoms with Gasteiger partial charge in [-0.15, -0.1) is 0 Å². The van der Waals surface area contributed by atoms with E-state index in [1.165, 1.54) is 4.90 Å². The second kappa shape index (κ2) is 7.68. The molecule has 0 atom stereocenters. The van der Waals surface area contributed by atoms with Crippen LogP contribution >= 0.6 is 0 Å². The smallest absolute Gasteiger partial charge is 0.410 e. The van der Waals surface area contributed by atoms with E-state index < -0.39 is 5.97 Å². The molecule has 1 aliphatic rings. The zero-order chi connectivity index (χ0) is 19.5.